The van der Waals surface area contributed by atoms with E-state index in [1.165, 1.54) is 6.20 Å². The zero-order valence-corrected chi connectivity index (χ0v) is 16.4. The lowest BCUT2D eigenvalue weighted by molar-refractivity contribution is -0.119. The summed E-state index contributed by atoms with van der Waals surface area (Å²) in [6.07, 6.45) is 5.23. The normalized spacial score (nSPS) is 12.3. The number of nitrogens with one attached hydrogen (secondary N) is 1. The molecule has 1 aromatic carbocycles. The number of pyridine rings is 1. The minimum atomic E-state index is -0.292. The van der Waals surface area contributed by atoms with Crippen molar-refractivity contribution in [3.63, 3.8) is 0 Å². The van der Waals surface area contributed by atoms with Crippen molar-refractivity contribution in [2.45, 2.75) is 32.7 Å². The number of amides is 1. The molecular weight excluding hydrogens is 402 g/mol. The third-order valence-electron chi connectivity index (χ3n) is 4.17. The van der Waals surface area contributed by atoms with Crippen molar-refractivity contribution in [2.75, 3.05) is 5.32 Å². The summed E-state index contributed by atoms with van der Waals surface area (Å²) in [6, 6.07) is 9.26. The average molecular weight is 421 g/mol. The van der Waals surface area contributed by atoms with Crippen molar-refractivity contribution in [2.24, 2.45) is 0 Å². The molecule has 1 unspecified atom stereocenters. The van der Waals surface area contributed by atoms with Crippen LogP contribution in [0.2, 0.25) is 5.02 Å². The molecule has 1 atom stereocenters. The fourth-order valence-corrected chi connectivity index (χ4v) is 3.46. The number of benzene rings is 1. The van der Waals surface area contributed by atoms with Crippen LogP contribution in [0.15, 0.2) is 47.2 Å². The second-order valence-corrected chi connectivity index (χ2v) is 7.39. The van der Waals surface area contributed by atoms with Crippen molar-refractivity contribution in [3.8, 4) is 0 Å². The van der Waals surface area contributed by atoms with Crippen molar-refractivity contribution in [1.29, 1.82) is 0 Å². The number of carbonyl (C=O) groups is 1. The maximum atomic E-state index is 12.9. The van der Waals surface area contributed by atoms with Gasteiger partial charge in [-0.2, -0.15) is 0 Å². The fourth-order valence-electron chi connectivity index (χ4n) is 2.98. The number of halogens is 2. The summed E-state index contributed by atoms with van der Waals surface area (Å²) in [5.74, 6) is 0.433. The van der Waals surface area contributed by atoms with Gasteiger partial charge < -0.3 is 9.88 Å². The van der Waals surface area contributed by atoms with E-state index in [9.17, 15) is 4.79 Å². The largest absolute Gasteiger partial charge is 0.335 e. The highest BCUT2D eigenvalue weighted by Crippen LogP contribution is 2.29. The number of nitrogens with zero attached hydrogens (tertiary/aromatic N) is 2. The van der Waals surface area contributed by atoms with Crippen LogP contribution in [0.5, 0.6) is 0 Å². The summed E-state index contributed by atoms with van der Waals surface area (Å²) in [7, 11) is 0. The van der Waals surface area contributed by atoms with Crippen molar-refractivity contribution in [3.05, 3.63) is 57.8 Å². The van der Waals surface area contributed by atoms with Crippen LogP contribution in [0.4, 0.5) is 5.82 Å². The van der Waals surface area contributed by atoms with Crippen molar-refractivity contribution in [1.82, 2.24) is 9.55 Å². The van der Waals surface area contributed by atoms with Crippen molar-refractivity contribution < 1.29 is 4.79 Å². The number of aromatic nitrogens is 2. The van der Waals surface area contributed by atoms with Gasteiger partial charge in [0.25, 0.3) is 0 Å². The van der Waals surface area contributed by atoms with E-state index < -0.39 is 0 Å². The Morgan fingerprint density at radius 1 is 1.36 bits per heavy atom. The minimum Gasteiger partial charge on any atom is -0.335 e. The molecule has 6 heteroatoms. The molecule has 0 spiro atoms. The Kier molecular flexibility index (Phi) is 5.45. The lowest BCUT2D eigenvalue weighted by Crippen LogP contribution is -2.26. The zero-order valence-electron chi connectivity index (χ0n) is 14.1. The van der Waals surface area contributed by atoms with Crippen LogP contribution in [0.3, 0.4) is 0 Å². The van der Waals surface area contributed by atoms with Gasteiger partial charge in [0.2, 0.25) is 5.91 Å². The van der Waals surface area contributed by atoms with E-state index >= 15 is 0 Å². The number of aryl methyl sites for hydroxylation is 1. The van der Waals surface area contributed by atoms with E-state index in [4.69, 9.17) is 11.6 Å². The number of anilines is 1. The molecule has 0 saturated carbocycles. The number of carbonyl (C=O) groups excluding carboxylic acids is 1. The fraction of sp³-hybridized carbons (Fsp3) is 0.263. The van der Waals surface area contributed by atoms with Crippen molar-refractivity contribution >= 4 is 50.2 Å². The second-order valence-electron chi connectivity index (χ2n) is 6.04. The Hall–Kier alpha value is -1.85. The summed E-state index contributed by atoms with van der Waals surface area (Å²) >= 11 is 9.37. The first kappa shape index (κ1) is 18.0. The Morgan fingerprint density at radius 2 is 2.16 bits per heavy atom. The van der Waals surface area contributed by atoms with Crippen LogP contribution in [-0.4, -0.2) is 15.5 Å². The van der Waals surface area contributed by atoms with Gasteiger partial charge in [0, 0.05) is 27.8 Å². The Balaban J connectivity index is 1.95. The summed E-state index contributed by atoms with van der Waals surface area (Å²) in [4.78, 5) is 17.0. The third-order valence-corrected chi connectivity index (χ3v) is 4.89. The molecule has 130 valence electrons. The average Bonchev–Trinajstić information content (AvgIpc) is 2.90. The van der Waals surface area contributed by atoms with Crippen LogP contribution < -0.4 is 5.32 Å². The molecule has 0 bridgehead atoms. The van der Waals surface area contributed by atoms with E-state index in [1.807, 2.05) is 18.3 Å². The number of hydrogen-bond acceptors (Lipinski definition) is 2. The molecule has 1 amide bonds. The molecule has 0 aliphatic carbocycles. The van der Waals surface area contributed by atoms with Crippen LogP contribution in [0.25, 0.3) is 10.9 Å². The summed E-state index contributed by atoms with van der Waals surface area (Å²) in [6.45, 7) is 4.14. The van der Waals surface area contributed by atoms with Gasteiger partial charge in [-0.25, -0.2) is 4.98 Å². The van der Waals surface area contributed by atoms with Gasteiger partial charge in [-0.15, -0.1) is 0 Å². The number of hydrogen-bond donors (Lipinski definition) is 1. The SMILES string of the molecule is CCCC(C(=O)Nc1ccc(Cl)cn1)n1cc(C)c2cc(Br)ccc21. The molecule has 0 radical (unpaired) electrons. The van der Waals surface area contributed by atoms with Gasteiger partial charge in [-0.3, -0.25) is 4.79 Å². The quantitative estimate of drug-likeness (QED) is 0.572. The lowest BCUT2D eigenvalue weighted by Gasteiger charge is -2.19. The van der Waals surface area contributed by atoms with Crippen LogP contribution >= 0.6 is 27.5 Å². The smallest absolute Gasteiger partial charge is 0.248 e. The van der Waals surface area contributed by atoms with Crippen LogP contribution in [0.1, 0.15) is 31.4 Å². The molecule has 0 saturated heterocycles. The Labute approximate surface area is 160 Å². The molecule has 3 rings (SSSR count). The van der Waals surface area contributed by atoms with E-state index in [0.717, 1.165) is 33.8 Å². The summed E-state index contributed by atoms with van der Waals surface area (Å²) in [5, 5.41) is 4.59. The summed E-state index contributed by atoms with van der Waals surface area (Å²) in [5.41, 5.74) is 2.20. The molecule has 0 aliphatic rings. The molecule has 25 heavy (non-hydrogen) atoms. The highest BCUT2D eigenvalue weighted by Gasteiger charge is 2.22. The van der Waals surface area contributed by atoms with Gasteiger partial charge in [0.1, 0.15) is 11.9 Å². The Morgan fingerprint density at radius 3 is 2.84 bits per heavy atom. The highest BCUT2D eigenvalue weighted by molar-refractivity contribution is 9.10. The molecule has 2 aromatic heterocycles. The van der Waals surface area contributed by atoms with E-state index in [1.54, 1.807) is 12.1 Å². The topological polar surface area (TPSA) is 46.9 Å². The highest BCUT2D eigenvalue weighted by atomic mass is 79.9. The molecular formula is C19H19BrClN3O. The van der Waals surface area contributed by atoms with Gasteiger partial charge in [0.05, 0.1) is 5.02 Å². The molecule has 3 aromatic rings. The number of rotatable bonds is 5. The predicted molar refractivity (Wildman–Crippen MR) is 106 cm³/mol. The first-order chi connectivity index (χ1) is 12.0. The zero-order chi connectivity index (χ0) is 18.0. The molecule has 2 heterocycles. The minimum absolute atomic E-state index is 0.0727. The van der Waals surface area contributed by atoms with Gasteiger partial charge >= 0.3 is 0 Å². The van der Waals surface area contributed by atoms with Gasteiger partial charge in [-0.1, -0.05) is 40.9 Å². The molecule has 0 aliphatic heterocycles. The standard InChI is InChI=1S/C19H19BrClN3O/c1-3-4-17(19(25)23-18-8-6-14(21)10-22-18)24-11-12(2)15-9-13(20)5-7-16(15)24/h5-11,17H,3-4H2,1-2H3,(H,22,23,25). The Bertz CT molecular complexity index is 905. The van der Waals surface area contributed by atoms with E-state index in [-0.39, 0.29) is 11.9 Å². The van der Waals surface area contributed by atoms with E-state index in [2.05, 4.69) is 50.7 Å². The van der Waals surface area contributed by atoms with Gasteiger partial charge in [-0.05, 0) is 49.2 Å². The van der Waals surface area contributed by atoms with Crippen LogP contribution in [0, 0.1) is 6.92 Å². The molecule has 1 N–H and O–H groups in total. The van der Waals surface area contributed by atoms with Crippen LogP contribution in [-0.2, 0) is 4.79 Å². The maximum absolute atomic E-state index is 12.9. The number of fused-ring (bicyclic) bond motifs is 1. The first-order valence-corrected chi connectivity index (χ1v) is 9.35. The van der Waals surface area contributed by atoms with Gasteiger partial charge in [0.15, 0.2) is 0 Å². The molecule has 0 fully saturated rings. The predicted octanol–water partition coefficient (Wildman–Crippen LogP) is 5.74. The monoisotopic (exact) mass is 419 g/mol. The van der Waals surface area contributed by atoms with E-state index in [0.29, 0.717) is 10.8 Å². The third kappa shape index (κ3) is 3.88. The first-order valence-electron chi connectivity index (χ1n) is 8.18. The molecule has 4 nitrogen and oxygen atoms in total. The second kappa shape index (κ2) is 7.58. The summed E-state index contributed by atoms with van der Waals surface area (Å²) < 4.78 is 3.09. The lowest BCUT2D eigenvalue weighted by atomic mass is 10.1. The maximum Gasteiger partial charge on any atom is 0.248 e.